The quantitative estimate of drug-likeness (QED) is 0.710. The van der Waals surface area contributed by atoms with Gasteiger partial charge in [0.1, 0.15) is 11.5 Å². The van der Waals surface area contributed by atoms with Crippen LogP contribution in [0.15, 0.2) is 16.5 Å². The molecule has 0 aliphatic carbocycles. The lowest BCUT2D eigenvalue weighted by molar-refractivity contribution is -0.0440. The summed E-state index contributed by atoms with van der Waals surface area (Å²) in [5.74, 6) is 2.71. The van der Waals surface area contributed by atoms with E-state index in [4.69, 9.17) is 9.15 Å². The van der Waals surface area contributed by atoms with E-state index in [-0.39, 0.29) is 18.0 Å². The number of hydrogen-bond acceptors (Lipinski definition) is 6. The molecule has 1 aliphatic heterocycles. The highest BCUT2D eigenvalue weighted by molar-refractivity contribution is 7.97. The van der Waals surface area contributed by atoms with E-state index in [9.17, 15) is 8.42 Å². The van der Waals surface area contributed by atoms with Gasteiger partial charge in [-0.05, 0) is 32.2 Å². The lowest BCUT2D eigenvalue weighted by atomic mass is 10.3. The first-order valence-electron chi connectivity index (χ1n) is 7.81. The van der Waals surface area contributed by atoms with E-state index in [1.54, 1.807) is 11.8 Å². The Bertz CT molecular complexity index is 578. The molecule has 0 amide bonds. The Morgan fingerprint density at radius 2 is 1.91 bits per heavy atom. The molecule has 1 aromatic rings. The summed E-state index contributed by atoms with van der Waals surface area (Å²) in [6, 6.07) is 3.89. The van der Waals surface area contributed by atoms with Crippen molar-refractivity contribution in [2.75, 3.05) is 31.6 Å². The van der Waals surface area contributed by atoms with Gasteiger partial charge in [0.25, 0.3) is 0 Å². The van der Waals surface area contributed by atoms with E-state index < -0.39 is 10.0 Å². The summed E-state index contributed by atoms with van der Waals surface area (Å²) < 4.78 is 37.5. The van der Waals surface area contributed by atoms with E-state index in [0.29, 0.717) is 26.2 Å². The number of sulfonamides is 1. The lowest BCUT2D eigenvalue weighted by Crippen LogP contribution is -2.49. The molecule has 6 nitrogen and oxygen atoms in total. The summed E-state index contributed by atoms with van der Waals surface area (Å²) in [4.78, 5) is 0. The maximum Gasteiger partial charge on any atom is 0.215 e. The summed E-state index contributed by atoms with van der Waals surface area (Å²) in [6.07, 6.45) is 1.91. The highest BCUT2D eigenvalue weighted by atomic mass is 32.2. The van der Waals surface area contributed by atoms with Gasteiger partial charge in [0, 0.05) is 19.6 Å². The molecule has 0 radical (unpaired) electrons. The molecule has 1 aromatic heterocycles. The minimum absolute atomic E-state index is 0.0561. The van der Waals surface area contributed by atoms with Crippen molar-refractivity contribution in [3.8, 4) is 0 Å². The number of hydrogen-bond donors (Lipinski definition) is 1. The molecule has 2 atom stereocenters. The Balaban J connectivity index is 1.75. The summed E-state index contributed by atoms with van der Waals surface area (Å²) in [5, 5.41) is 3.14. The van der Waals surface area contributed by atoms with Crippen molar-refractivity contribution in [2.45, 2.75) is 38.4 Å². The first-order valence-corrected chi connectivity index (χ1v) is 10.8. The standard InChI is InChI=1S/C15H26N2O4S2/c1-12-9-17(10-13(2)20-12)23(18,19)7-6-16-8-14-4-5-15(21-14)11-22-3/h4-5,12-13,16H,6-11H2,1-3H3. The fourth-order valence-electron chi connectivity index (χ4n) is 2.64. The fraction of sp³-hybridized carbons (Fsp3) is 0.733. The molecule has 2 rings (SSSR count). The Hall–Kier alpha value is -0.540. The topological polar surface area (TPSA) is 71.8 Å². The van der Waals surface area contributed by atoms with Crippen LogP contribution in [0.3, 0.4) is 0 Å². The van der Waals surface area contributed by atoms with Crippen LogP contribution in [0.25, 0.3) is 0 Å². The molecule has 2 unspecified atom stereocenters. The van der Waals surface area contributed by atoms with Crippen LogP contribution in [-0.2, 0) is 27.1 Å². The number of morpholine rings is 1. The molecule has 0 saturated carbocycles. The van der Waals surface area contributed by atoms with Crippen molar-refractivity contribution in [3.63, 3.8) is 0 Å². The number of ether oxygens (including phenoxy) is 1. The van der Waals surface area contributed by atoms with Gasteiger partial charge >= 0.3 is 0 Å². The molecule has 0 bridgehead atoms. The second-order valence-corrected chi connectivity index (χ2v) is 8.82. The average molecular weight is 363 g/mol. The maximum absolute atomic E-state index is 12.4. The van der Waals surface area contributed by atoms with Gasteiger partial charge in [-0.1, -0.05) is 0 Å². The van der Waals surface area contributed by atoms with Crippen LogP contribution in [-0.4, -0.2) is 56.6 Å². The summed E-state index contributed by atoms with van der Waals surface area (Å²) in [5.41, 5.74) is 0. The van der Waals surface area contributed by atoms with Gasteiger partial charge in [-0.2, -0.15) is 16.1 Å². The Morgan fingerprint density at radius 3 is 2.57 bits per heavy atom. The van der Waals surface area contributed by atoms with Gasteiger partial charge in [-0.3, -0.25) is 0 Å². The van der Waals surface area contributed by atoms with Crippen molar-refractivity contribution in [2.24, 2.45) is 0 Å². The zero-order valence-electron chi connectivity index (χ0n) is 13.9. The van der Waals surface area contributed by atoms with Crippen LogP contribution in [0, 0.1) is 0 Å². The lowest BCUT2D eigenvalue weighted by Gasteiger charge is -2.34. The minimum Gasteiger partial charge on any atom is -0.464 e. The molecular weight excluding hydrogens is 336 g/mol. The first kappa shape index (κ1) is 18.8. The molecule has 1 N–H and O–H groups in total. The average Bonchev–Trinajstić information content (AvgIpc) is 2.91. The van der Waals surface area contributed by atoms with Crippen molar-refractivity contribution < 1.29 is 17.6 Å². The van der Waals surface area contributed by atoms with Gasteiger partial charge in [0.15, 0.2) is 0 Å². The molecular formula is C15H26N2O4S2. The number of nitrogens with zero attached hydrogens (tertiary/aromatic N) is 1. The Labute approximate surface area is 143 Å². The summed E-state index contributed by atoms with van der Waals surface area (Å²) >= 11 is 1.71. The predicted octanol–water partition coefficient (Wildman–Crippen LogP) is 1.67. The molecule has 0 spiro atoms. The van der Waals surface area contributed by atoms with E-state index in [1.165, 1.54) is 4.31 Å². The molecule has 23 heavy (non-hydrogen) atoms. The van der Waals surface area contributed by atoms with Crippen molar-refractivity contribution >= 4 is 21.8 Å². The third-order valence-corrected chi connectivity index (χ3v) is 6.00. The third kappa shape index (κ3) is 5.79. The molecule has 132 valence electrons. The number of furan rings is 1. The number of rotatable bonds is 8. The van der Waals surface area contributed by atoms with Crippen LogP contribution in [0.4, 0.5) is 0 Å². The zero-order valence-corrected chi connectivity index (χ0v) is 15.6. The van der Waals surface area contributed by atoms with Crippen molar-refractivity contribution in [3.05, 3.63) is 23.7 Å². The Kier molecular flexibility index (Phi) is 6.97. The van der Waals surface area contributed by atoms with Crippen molar-refractivity contribution in [1.29, 1.82) is 0 Å². The van der Waals surface area contributed by atoms with E-state index in [1.807, 2.05) is 32.2 Å². The monoisotopic (exact) mass is 362 g/mol. The van der Waals surface area contributed by atoms with Gasteiger partial charge < -0.3 is 14.5 Å². The number of thioether (sulfide) groups is 1. The molecule has 8 heteroatoms. The minimum atomic E-state index is -3.25. The highest BCUT2D eigenvalue weighted by Gasteiger charge is 2.30. The SMILES string of the molecule is CSCc1ccc(CNCCS(=O)(=O)N2CC(C)OC(C)C2)o1. The van der Waals surface area contributed by atoms with E-state index >= 15 is 0 Å². The number of nitrogens with one attached hydrogen (secondary N) is 1. The van der Waals surface area contributed by atoms with Gasteiger partial charge in [-0.15, -0.1) is 0 Å². The van der Waals surface area contributed by atoms with E-state index in [2.05, 4.69) is 5.32 Å². The van der Waals surface area contributed by atoms with Crippen molar-refractivity contribution in [1.82, 2.24) is 9.62 Å². The fourth-order valence-corrected chi connectivity index (χ4v) is 4.61. The molecule has 1 saturated heterocycles. The van der Waals surface area contributed by atoms with E-state index in [0.717, 1.165) is 17.3 Å². The molecule has 2 heterocycles. The highest BCUT2D eigenvalue weighted by Crippen LogP contribution is 2.15. The first-order chi connectivity index (χ1) is 10.9. The van der Waals surface area contributed by atoms with Crippen LogP contribution >= 0.6 is 11.8 Å². The van der Waals surface area contributed by atoms with Crippen LogP contribution in [0.5, 0.6) is 0 Å². The summed E-state index contributed by atoms with van der Waals surface area (Å²) in [6.45, 7) is 5.62. The largest absolute Gasteiger partial charge is 0.464 e. The second kappa shape index (κ2) is 8.53. The maximum atomic E-state index is 12.4. The molecule has 1 fully saturated rings. The second-order valence-electron chi connectivity index (χ2n) is 5.87. The third-order valence-electron chi connectivity index (χ3n) is 3.62. The van der Waals surface area contributed by atoms with Crippen LogP contribution in [0.2, 0.25) is 0 Å². The van der Waals surface area contributed by atoms with Gasteiger partial charge in [0.05, 0.1) is 30.3 Å². The Morgan fingerprint density at radius 1 is 1.26 bits per heavy atom. The van der Waals surface area contributed by atoms with Crippen LogP contribution in [0.1, 0.15) is 25.4 Å². The predicted molar refractivity (Wildman–Crippen MR) is 93.0 cm³/mol. The van der Waals surface area contributed by atoms with Gasteiger partial charge in [-0.25, -0.2) is 8.42 Å². The summed E-state index contributed by atoms with van der Waals surface area (Å²) in [7, 11) is -3.25. The van der Waals surface area contributed by atoms with Gasteiger partial charge in [0.2, 0.25) is 10.0 Å². The van der Waals surface area contributed by atoms with Crippen LogP contribution < -0.4 is 5.32 Å². The smallest absolute Gasteiger partial charge is 0.215 e. The molecule has 1 aliphatic rings. The zero-order chi connectivity index (χ0) is 16.9. The molecule has 0 aromatic carbocycles. The normalized spacial score (nSPS) is 23.3.